The lowest BCUT2D eigenvalue weighted by atomic mass is 8.44. The number of nitrogens with zero attached hydrogens (tertiary/aromatic N) is 11. The molecule has 0 spiro atoms. The Morgan fingerprint density at radius 3 is 1.45 bits per heavy atom. The topological polar surface area (TPSA) is 244 Å². The second kappa shape index (κ2) is 27.0. The van der Waals surface area contributed by atoms with Gasteiger partial charge in [-0.2, -0.15) is 24.8 Å². The van der Waals surface area contributed by atoms with Crippen LogP contribution in [0.1, 0.15) is 31.8 Å². The first-order valence-electron chi connectivity index (χ1n) is 21.8. The number of halogens is 5. The van der Waals surface area contributed by atoms with E-state index in [1.54, 1.807) is 46.3 Å². The van der Waals surface area contributed by atoms with Gasteiger partial charge in [-0.15, -0.1) is 10.2 Å². The molecular weight excluding hydrogens is 973 g/mol. The number of benzene rings is 4. The number of H-pyrrole nitrogens is 1. The van der Waals surface area contributed by atoms with Crippen molar-refractivity contribution in [2.45, 2.75) is 13.8 Å². The summed E-state index contributed by atoms with van der Waals surface area (Å²) in [5.41, 5.74) is 13.2. The molecule has 0 amide bonds. The fraction of sp³-hybridized carbons (Fsp3) is 0.0556. The van der Waals surface area contributed by atoms with Crippen molar-refractivity contribution in [2.24, 2.45) is 0 Å². The number of nitrogens with two attached hydrogens (primary N) is 2. The Hall–Kier alpha value is -6.97. The number of carbonyl (C=O) groups is 2. The van der Waals surface area contributed by atoms with Crippen LogP contribution in [0.2, 0.25) is 0 Å². The molecule has 7 N–H and O–H groups in total. The van der Waals surface area contributed by atoms with Crippen LogP contribution >= 0.6 is 11.6 Å². The minimum atomic E-state index is -1.12. The fourth-order valence-corrected chi connectivity index (χ4v) is 6.96. The monoisotopic (exact) mass is 1000 g/mol. The summed E-state index contributed by atoms with van der Waals surface area (Å²) in [6.07, 6.45) is 1.08. The molecule has 348 valence electrons. The van der Waals surface area contributed by atoms with E-state index in [4.69, 9.17) is 92.7 Å². The van der Waals surface area contributed by atoms with Gasteiger partial charge in [-0.3, -0.25) is 9.59 Å². The lowest BCUT2D eigenvalue weighted by Gasteiger charge is -2.37. The third kappa shape index (κ3) is 15.8. The van der Waals surface area contributed by atoms with Gasteiger partial charge in [0.15, 0.2) is 0 Å². The minimum absolute atomic E-state index is 0.00201. The molecule has 0 bridgehead atoms. The first-order valence-corrected chi connectivity index (χ1v) is 22.1. The predicted molar refractivity (Wildman–Crippen MR) is 299 cm³/mol. The van der Waals surface area contributed by atoms with E-state index in [9.17, 15) is 27.2 Å². The zero-order valence-corrected chi connectivity index (χ0v) is 40.5. The summed E-state index contributed by atoms with van der Waals surface area (Å²) in [6.45, 7) is 2.85. The number of anilines is 6. The summed E-state index contributed by atoms with van der Waals surface area (Å²) in [5, 5.41) is 23.2. The number of aromatic amines is 1. The van der Waals surface area contributed by atoms with E-state index in [1.165, 1.54) is 38.6 Å². The van der Waals surface area contributed by atoms with Gasteiger partial charge in [-0.05, 0) is 97.2 Å². The highest BCUT2D eigenvalue weighted by Crippen LogP contribution is 2.22. The normalized spacial score (nSPS) is 10.2. The third-order valence-corrected chi connectivity index (χ3v) is 10.8. The smallest absolute Gasteiger partial charge is 0.287 e. The maximum Gasteiger partial charge on any atom is 0.287 e. The standard InChI is InChI=1S/C18H14F2N8O.C10H10N8.C8H5ClF2O.B16/c1-10-2-7-13(19)14(15(10)20)16(29)28-17(21)25-18(26-28)24-11-3-5-12(6-4-11)27-9-22-8-23-27;11-9-15-10(17-16-9)14-7-1-3-8(4-2-7)18-6-12-5-13-18;1-4-2-3-5(10)6(7(4)11)8(9)12;1-10(2)14(9)16(13(7)8)15(11(3)4)12(5)6/h2-9H,1H3,(H3,21,24,25,26);1-6H,(H4,11,14,15,16,17);2-3H,1H3;. The molecule has 4 heterocycles. The summed E-state index contributed by atoms with van der Waals surface area (Å²) < 4.78 is 57.9. The van der Waals surface area contributed by atoms with E-state index in [1.807, 2.05) is 24.3 Å². The highest BCUT2D eigenvalue weighted by Gasteiger charge is 2.38. The van der Waals surface area contributed by atoms with Gasteiger partial charge >= 0.3 is 0 Å². The van der Waals surface area contributed by atoms with Gasteiger partial charge in [0.25, 0.3) is 11.1 Å². The molecule has 0 atom stereocenters. The van der Waals surface area contributed by atoms with Crippen LogP contribution < -0.4 is 22.1 Å². The molecular formula is C36H29B16ClF4N16O2. The number of nitrogen functional groups attached to an aromatic ring is 2. The second-order valence-corrected chi connectivity index (χ2v) is 16.3. The van der Waals surface area contributed by atoms with Crippen LogP contribution in [0.3, 0.4) is 0 Å². The van der Waals surface area contributed by atoms with Crippen molar-refractivity contribution in [1.29, 1.82) is 0 Å². The average molecular weight is 1000 g/mol. The molecule has 0 saturated carbocycles. The minimum Gasteiger partial charge on any atom is -0.368 e. The first-order chi connectivity index (χ1) is 35.5. The number of hydrogen-bond acceptors (Lipinski definition) is 14. The Bertz CT molecular complexity index is 3130. The van der Waals surface area contributed by atoms with Gasteiger partial charge in [0.05, 0.1) is 11.4 Å². The highest BCUT2D eigenvalue weighted by atomic mass is 35.5. The van der Waals surface area contributed by atoms with Crippen molar-refractivity contribution in [3.63, 3.8) is 0 Å². The Labute approximate surface area is 447 Å². The van der Waals surface area contributed by atoms with Crippen LogP contribution in [0.4, 0.5) is 52.7 Å². The van der Waals surface area contributed by atoms with Gasteiger partial charge < -0.3 is 22.1 Å². The maximum absolute atomic E-state index is 14.2. The average Bonchev–Trinajstić information content (AvgIpc) is 4.22. The predicted octanol–water partition coefficient (Wildman–Crippen LogP) is -0.270. The van der Waals surface area contributed by atoms with Gasteiger partial charge in [0.2, 0.25) is 23.8 Å². The van der Waals surface area contributed by atoms with Gasteiger partial charge in [0, 0.05) is 126 Å². The Morgan fingerprint density at radius 1 is 0.613 bits per heavy atom. The van der Waals surface area contributed by atoms with Crippen molar-refractivity contribution in [1.82, 2.24) is 59.5 Å². The molecule has 0 unspecified atom stereocenters. The number of rotatable bonds is 14. The largest absolute Gasteiger partial charge is 0.368 e. The van der Waals surface area contributed by atoms with Crippen LogP contribution in [-0.4, -0.2) is 185 Å². The molecule has 18 radical (unpaired) electrons. The maximum atomic E-state index is 14.2. The van der Waals surface area contributed by atoms with Crippen molar-refractivity contribution < 1.29 is 27.2 Å². The summed E-state index contributed by atoms with van der Waals surface area (Å²) in [7, 11) is 50.4. The van der Waals surface area contributed by atoms with Crippen molar-refractivity contribution in [2.75, 3.05) is 22.1 Å². The zero-order valence-electron chi connectivity index (χ0n) is 39.8. The van der Waals surface area contributed by atoms with Crippen LogP contribution in [0.5, 0.6) is 0 Å². The number of aryl methyl sites for hydroxylation is 2. The molecule has 0 saturated heterocycles. The van der Waals surface area contributed by atoms with E-state index in [0.717, 1.165) is 29.2 Å². The Morgan fingerprint density at radius 2 is 1.07 bits per heavy atom. The van der Waals surface area contributed by atoms with Crippen LogP contribution in [0.25, 0.3) is 11.4 Å². The van der Waals surface area contributed by atoms with Crippen LogP contribution in [0.15, 0.2) is 98.1 Å². The molecule has 8 aromatic rings. The molecule has 75 heavy (non-hydrogen) atoms. The molecule has 0 aliphatic rings. The second-order valence-electron chi connectivity index (χ2n) is 16.0. The SMILES string of the molecule is Cc1ccc(F)c(C(=O)Cl)c1F.Cc1ccc(F)c(C(=O)n2nc(Nc3ccc(-n4cncn4)cc3)nc2N)c1F.Nc1nc(Nc2ccc(-n3cncn3)cc2)n[nH]1.[B]B([B])B([B])B(B([B])[B])B(B([B])[B])B([B])[B]. The lowest BCUT2D eigenvalue weighted by Crippen LogP contribution is -2.75. The summed E-state index contributed by atoms with van der Waals surface area (Å²) in [4.78, 5) is 38.7. The molecule has 4 aromatic heterocycles. The van der Waals surface area contributed by atoms with E-state index in [-0.39, 0.29) is 29.0 Å². The van der Waals surface area contributed by atoms with Crippen LogP contribution in [-0.2, 0) is 0 Å². The number of nitrogens with one attached hydrogen (secondary N) is 3. The summed E-state index contributed by atoms with van der Waals surface area (Å²) in [6, 6.07) is 19.1. The number of aromatic nitrogens is 12. The van der Waals surface area contributed by atoms with Crippen molar-refractivity contribution in [3.05, 3.63) is 144 Å². The van der Waals surface area contributed by atoms with Crippen LogP contribution in [0, 0.1) is 37.1 Å². The fourth-order valence-electron chi connectivity index (χ4n) is 6.78. The number of carbonyl (C=O) groups excluding carboxylic acids is 2. The summed E-state index contributed by atoms with van der Waals surface area (Å²) >= 11 is 4.97. The Kier molecular flexibility index (Phi) is 21.2. The first kappa shape index (κ1) is 58.9. The molecule has 0 fully saturated rings. The summed E-state index contributed by atoms with van der Waals surface area (Å²) in [5.74, 6) is -4.46. The third-order valence-electron chi connectivity index (χ3n) is 10.6. The lowest BCUT2D eigenvalue weighted by molar-refractivity contribution is 0.0938. The quantitative estimate of drug-likeness (QED) is 0.0536. The molecule has 8 rings (SSSR count). The molecule has 0 aliphatic heterocycles. The van der Waals surface area contributed by atoms with E-state index in [0.29, 0.717) is 16.3 Å². The molecule has 4 aromatic carbocycles. The molecule has 0 aliphatic carbocycles. The Balaban J connectivity index is 0.000000196. The van der Waals surface area contributed by atoms with Gasteiger partial charge in [-0.1, -0.05) is 12.1 Å². The van der Waals surface area contributed by atoms with Gasteiger partial charge in [-0.25, -0.2) is 42.0 Å². The van der Waals surface area contributed by atoms with Crippen molar-refractivity contribution in [3.8, 4) is 11.4 Å². The van der Waals surface area contributed by atoms with Gasteiger partial charge in [0.1, 0.15) is 59.7 Å². The molecule has 39 heteroatoms. The zero-order chi connectivity index (χ0) is 55.3. The van der Waals surface area contributed by atoms with E-state index >= 15 is 0 Å². The van der Waals surface area contributed by atoms with E-state index in [2.05, 4.69) is 56.1 Å². The van der Waals surface area contributed by atoms with Crippen molar-refractivity contribution >= 4 is 172 Å². The molecule has 18 nitrogen and oxygen atoms in total. The highest BCUT2D eigenvalue weighted by molar-refractivity contribution is 8.13. The number of hydrogen-bond donors (Lipinski definition) is 5. The van der Waals surface area contributed by atoms with E-state index < -0.39 is 90.2 Å².